The summed E-state index contributed by atoms with van der Waals surface area (Å²) in [6, 6.07) is 8.22. The van der Waals surface area contributed by atoms with Crippen LogP contribution in [0.15, 0.2) is 35.4 Å². The van der Waals surface area contributed by atoms with Gasteiger partial charge in [-0.05, 0) is 37.6 Å². The van der Waals surface area contributed by atoms with Crippen molar-refractivity contribution in [2.45, 2.75) is 25.3 Å². The first kappa shape index (κ1) is 10.3. The summed E-state index contributed by atoms with van der Waals surface area (Å²) in [6.45, 7) is 5.05. The molecule has 0 radical (unpaired) electrons. The SMILES string of the molecule is CCn1ccc(-c2ccc(S)c(C)c2)n1. The van der Waals surface area contributed by atoms with Gasteiger partial charge in [-0.3, -0.25) is 4.68 Å². The van der Waals surface area contributed by atoms with Crippen LogP contribution in [-0.4, -0.2) is 9.78 Å². The van der Waals surface area contributed by atoms with E-state index >= 15 is 0 Å². The molecule has 0 fully saturated rings. The molecule has 0 amide bonds. The lowest BCUT2D eigenvalue weighted by Crippen LogP contribution is -1.94. The average molecular weight is 218 g/mol. The van der Waals surface area contributed by atoms with Crippen LogP contribution >= 0.6 is 12.6 Å². The molecule has 78 valence electrons. The first-order valence-electron chi connectivity index (χ1n) is 5.04. The van der Waals surface area contributed by atoms with Crippen molar-refractivity contribution in [3.63, 3.8) is 0 Å². The molecule has 1 aromatic carbocycles. The van der Waals surface area contributed by atoms with Crippen molar-refractivity contribution in [3.05, 3.63) is 36.0 Å². The molecular formula is C12H14N2S. The van der Waals surface area contributed by atoms with Gasteiger partial charge >= 0.3 is 0 Å². The standard InChI is InChI=1S/C12H14N2S/c1-3-14-7-6-11(13-14)10-4-5-12(15)9(2)8-10/h4-8,15H,3H2,1-2H3. The number of aromatic nitrogens is 2. The summed E-state index contributed by atoms with van der Waals surface area (Å²) in [7, 11) is 0. The van der Waals surface area contributed by atoms with Crippen molar-refractivity contribution < 1.29 is 0 Å². The lowest BCUT2D eigenvalue weighted by Gasteiger charge is -2.01. The van der Waals surface area contributed by atoms with Gasteiger partial charge in [-0.15, -0.1) is 12.6 Å². The Morgan fingerprint density at radius 1 is 1.33 bits per heavy atom. The van der Waals surface area contributed by atoms with Crippen LogP contribution in [-0.2, 0) is 6.54 Å². The zero-order valence-electron chi connectivity index (χ0n) is 8.94. The molecule has 0 spiro atoms. The third kappa shape index (κ3) is 2.07. The molecule has 0 saturated heterocycles. The van der Waals surface area contributed by atoms with Crippen LogP contribution in [0.5, 0.6) is 0 Å². The molecule has 1 aromatic heterocycles. The third-order valence-electron chi connectivity index (χ3n) is 2.46. The Bertz CT molecular complexity index is 474. The van der Waals surface area contributed by atoms with Gasteiger partial charge < -0.3 is 0 Å². The summed E-state index contributed by atoms with van der Waals surface area (Å²) < 4.78 is 1.93. The minimum Gasteiger partial charge on any atom is -0.272 e. The molecule has 0 aliphatic carbocycles. The molecule has 2 nitrogen and oxygen atoms in total. The number of hydrogen-bond acceptors (Lipinski definition) is 2. The van der Waals surface area contributed by atoms with Crippen LogP contribution in [0.4, 0.5) is 0 Å². The Morgan fingerprint density at radius 3 is 2.73 bits per heavy atom. The highest BCUT2D eigenvalue weighted by Gasteiger charge is 2.02. The smallest absolute Gasteiger partial charge is 0.0923 e. The van der Waals surface area contributed by atoms with E-state index in [0.717, 1.165) is 22.7 Å². The Kier molecular flexibility index (Phi) is 2.82. The van der Waals surface area contributed by atoms with Gasteiger partial charge in [0, 0.05) is 23.2 Å². The number of aryl methyl sites for hydroxylation is 2. The summed E-state index contributed by atoms with van der Waals surface area (Å²) in [4.78, 5) is 1.02. The Balaban J connectivity index is 2.40. The number of thiol groups is 1. The molecule has 2 rings (SSSR count). The van der Waals surface area contributed by atoms with Crippen molar-refractivity contribution in [1.29, 1.82) is 0 Å². The molecule has 0 atom stereocenters. The predicted octanol–water partition coefficient (Wildman–Crippen LogP) is 3.17. The minimum absolute atomic E-state index is 0.906. The average Bonchev–Trinajstić information content (AvgIpc) is 2.70. The Morgan fingerprint density at radius 2 is 2.13 bits per heavy atom. The fourth-order valence-corrected chi connectivity index (χ4v) is 1.65. The van der Waals surface area contributed by atoms with Crippen LogP contribution in [0.1, 0.15) is 12.5 Å². The van der Waals surface area contributed by atoms with Crippen molar-refractivity contribution in [2.75, 3.05) is 0 Å². The van der Waals surface area contributed by atoms with Crippen molar-refractivity contribution in [2.24, 2.45) is 0 Å². The van der Waals surface area contributed by atoms with Crippen molar-refractivity contribution in [3.8, 4) is 11.3 Å². The molecule has 0 bridgehead atoms. The fraction of sp³-hybridized carbons (Fsp3) is 0.250. The quantitative estimate of drug-likeness (QED) is 0.767. The van der Waals surface area contributed by atoms with E-state index in [-0.39, 0.29) is 0 Å². The maximum atomic E-state index is 4.46. The minimum atomic E-state index is 0.906. The van der Waals surface area contributed by atoms with Crippen LogP contribution in [0.25, 0.3) is 11.3 Å². The van der Waals surface area contributed by atoms with Crippen molar-refractivity contribution >= 4 is 12.6 Å². The second kappa shape index (κ2) is 4.11. The zero-order chi connectivity index (χ0) is 10.8. The molecule has 15 heavy (non-hydrogen) atoms. The van der Waals surface area contributed by atoms with E-state index in [1.165, 1.54) is 5.56 Å². The van der Waals surface area contributed by atoms with E-state index in [1.54, 1.807) is 0 Å². The maximum absolute atomic E-state index is 4.46. The molecule has 0 unspecified atom stereocenters. The van der Waals surface area contributed by atoms with Gasteiger partial charge in [0.15, 0.2) is 0 Å². The van der Waals surface area contributed by atoms with Gasteiger partial charge in [0.05, 0.1) is 5.69 Å². The predicted molar refractivity (Wildman–Crippen MR) is 65.3 cm³/mol. The van der Waals surface area contributed by atoms with Crippen LogP contribution < -0.4 is 0 Å². The highest BCUT2D eigenvalue weighted by molar-refractivity contribution is 7.80. The van der Waals surface area contributed by atoms with Gasteiger partial charge in [-0.25, -0.2) is 0 Å². The first-order chi connectivity index (χ1) is 7.20. The van der Waals surface area contributed by atoms with E-state index in [4.69, 9.17) is 0 Å². The van der Waals surface area contributed by atoms with Gasteiger partial charge in [-0.2, -0.15) is 5.10 Å². The summed E-state index contributed by atoms with van der Waals surface area (Å²) in [5, 5.41) is 4.46. The topological polar surface area (TPSA) is 17.8 Å². The van der Waals surface area contributed by atoms with Gasteiger partial charge in [0.2, 0.25) is 0 Å². The monoisotopic (exact) mass is 218 g/mol. The molecule has 0 N–H and O–H groups in total. The summed E-state index contributed by atoms with van der Waals surface area (Å²) in [5.41, 5.74) is 3.35. The number of rotatable bonds is 2. The van der Waals surface area contributed by atoms with E-state index in [9.17, 15) is 0 Å². The zero-order valence-corrected chi connectivity index (χ0v) is 9.83. The van der Waals surface area contributed by atoms with Gasteiger partial charge in [0.1, 0.15) is 0 Å². The fourth-order valence-electron chi connectivity index (χ4n) is 1.51. The first-order valence-corrected chi connectivity index (χ1v) is 5.49. The molecular weight excluding hydrogens is 204 g/mol. The molecule has 3 heteroatoms. The van der Waals surface area contributed by atoms with Crippen LogP contribution in [0.3, 0.4) is 0 Å². The van der Waals surface area contributed by atoms with Crippen LogP contribution in [0.2, 0.25) is 0 Å². The van der Waals surface area contributed by atoms with E-state index in [0.29, 0.717) is 0 Å². The number of benzene rings is 1. The third-order valence-corrected chi connectivity index (χ3v) is 2.96. The van der Waals surface area contributed by atoms with Gasteiger partial charge in [-0.1, -0.05) is 6.07 Å². The second-order valence-electron chi connectivity index (χ2n) is 3.56. The van der Waals surface area contributed by atoms with Gasteiger partial charge in [0.25, 0.3) is 0 Å². The normalized spacial score (nSPS) is 10.6. The second-order valence-corrected chi connectivity index (χ2v) is 4.04. The number of hydrogen-bond donors (Lipinski definition) is 1. The summed E-state index contributed by atoms with van der Waals surface area (Å²) in [5.74, 6) is 0. The van der Waals surface area contributed by atoms with Crippen LogP contribution in [0, 0.1) is 6.92 Å². The molecule has 2 aromatic rings. The summed E-state index contributed by atoms with van der Waals surface area (Å²) >= 11 is 4.36. The largest absolute Gasteiger partial charge is 0.272 e. The molecule has 0 aliphatic rings. The Hall–Kier alpha value is -1.22. The Labute approximate surface area is 95.3 Å². The van der Waals surface area contributed by atoms with Crippen molar-refractivity contribution in [1.82, 2.24) is 9.78 Å². The molecule has 0 saturated carbocycles. The number of nitrogens with zero attached hydrogens (tertiary/aromatic N) is 2. The summed E-state index contributed by atoms with van der Waals surface area (Å²) in [6.07, 6.45) is 2.00. The van der Waals surface area contributed by atoms with E-state index in [2.05, 4.69) is 43.7 Å². The molecule has 1 heterocycles. The van der Waals surface area contributed by atoms with E-state index in [1.807, 2.05) is 23.0 Å². The maximum Gasteiger partial charge on any atom is 0.0923 e. The lowest BCUT2D eigenvalue weighted by molar-refractivity contribution is 0.662. The molecule has 0 aliphatic heterocycles. The highest BCUT2D eigenvalue weighted by Crippen LogP contribution is 2.22. The highest BCUT2D eigenvalue weighted by atomic mass is 32.1. The lowest BCUT2D eigenvalue weighted by atomic mass is 10.1. The van der Waals surface area contributed by atoms with E-state index < -0.39 is 0 Å².